The van der Waals surface area contributed by atoms with Gasteiger partial charge in [0.1, 0.15) is 6.54 Å². The first-order chi connectivity index (χ1) is 8.33. The Balaban J connectivity index is 2.85. The number of aromatic nitrogens is 1. The molecule has 0 aliphatic carbocycles. The molecular formula is C11H12ClF3N2O. The molecule has 0 saturated carbocycles. The van der Waals surface area contributed by atoms with Crippen LogP contribution in [-0.4, -0.2) is 40.9 Å². The summed E-state index contributed by atoms with van der Waals surface area (Å²) < 4.78 is 36.9. The fraction of sp³-hybridized carbons (Fsp3) is 0.455. The van der Waals surface area contributed by atoms with Crippen molar-refractivity contribution >= 4 is 17.5 Å². The fourth-order valence-corrected chi connectivity index (χ4v) is 1.55. The van der Waals surface area contributed by atoms with E-state index < -0.39 is 18.6 Å². The Morgan fingerprint density at radius 1 is 1.44 bits per heavy atom. The Labute approximate surface area is 108 Å². The van der Waals surface area contributed by atoms with Crippen LogP contribution in [0.2, 0.25) is 0 Å². The normalized spacial score (nSPS) is 11.4. The van der Waals surface area contributed by atoms with Gasteiger partial charge in [-0.25, -0.2) is 0 Å². The van der Waals surface area contributed by atoms with Crippen LogP contribution in [0.15, 0.2) is 18.3 Å². The molecule has 0 N–H and O–H groups in total. The number of aryl methyl sites for hydroxylation is 1. The van der Waals surface area contributed by atoms with Crippen molar-refractivity contribution in [3.63, 3.8) is 0 Å². The zero-order valence-electron chi connectivity index (χ0n) is 9.67. The topological polar surface area (TPSA) is 33.2 Å². The van der Waals surface area contributed by atoms with Crippen LogP contribution in [0.4, 0.5) is 13.2 Å². The van der Waals surface area contributed by atoms with Crippen LogP contribution in [0.3, 0.4) is 0 Å². The van der Waals surface area contributed by atoms with Gasteiger partial charge in [-0.05, 0) is 19.1 Å². The minimum Gasteiger partial charge on any atom is -0.328 e. The highest BCUT2D eigenvalue weighted by atomic mass is 35.5. The van der Waals surface area contributed by atoms with E-state index >= 15 is 0 Å². The third-order valence-corrected chi connectivity index (χ3v) is 2.34. The molecule has 7 heteroatoms. The summed E-state index contributed by atoms with van der Waals surface area (Å²) in [6.45, 7) is 0.251. The highest BCUT2D eigenvalue weighted by Gasteiger charge is 2.33. The van der Waals surface area contributed by atoms with Gasteiger partial charge in [-0.2, -0.15) is 13.2 Å². The van der Waals surface area contributed by atoms with Gasteiger partial charge in [0.05, 0.1) is 5.56 Å². The quantitative estimate of drug-likeness (QED) is 0.795. The average Bonchev–Trinajstić information content (AvgIpc) is 2.27. The van der Waals surface area contributed by atoms with Crippen molar-refractivity contribution in [2.24, 2.45) is 0 Å². The van der Waals surface area contributed by atoms with E-state index in [1.165, 1.54) is 12.3 Å². The fourth-order valence-electron chi connectivity index (χ4n) is 1.35. The third kappa shape index (κ3) is 4.52. The van der Waals surface area contributed by atoms with Crippen LogP contribution in [0.1, 0.15) is 16.1 Å². The predicted molar refractivity (Wildman–Crippen MR) is 61.7 cm³/mol. The Kier molecular flexibility index (Phi) is 4.95. The number of hydrogen-bond donors (Lipinski definition) is 0. The molecule has 100 valence electrons. The maximum Gasteiger partial charge on any atom is 0.406 e. The molecule has 1 aromatic heterocycles. The van der Waals surface area contributed by atoms with Gasteiger partial charge in [0.2, 0.25) is 0 Å². The number of carbonyl (C=O) groups is 1. The lowest BCUT2D eigenvalue weighted by atomic mass is 10.2. The highest BCUT2D eigenvalue weighted by molar-refractivity contribution is 6.18. The van der Waals surface area contributed by atoms with E-state index in [0.29, 0.717) is 10.6 Å². The van der Waals surface area contributed by atoms with Gasteiger partial charge in [0, 0.05) is 24.3 Å². The van der Waals surface area contributed by atoms with Crippen molar-refractivity contribution in [1.82, 2.24) is 9.88 Å². The molecule has 0 radical (unpaired) electrons. The lowest BCUT2D eigenvalue weighted by Crippen LogP contribution is -2.40. The molecule has 0 aliphatic rings. The predicted octanol–water partition coefficient (Wildman–Crippen LogP) is 2.63. The molecule has 1 aromatic rings. The largest absolute Gasteiger partial charge is 0.406 e. The molecule has 0 bridgehead atoms. The third-order valence-electron chi connectivity index (χ3n) is 2.17. The van der Waals surface area contributed by atoms with Crippen molar-refractivity contribution < 1.29 is 18.0 Å². The first kappa shape index (κ1) is 14.8. The SMILES string of the molecule is Cc1ccc(C(=O)N(CCCl)CC(F)(F)F)cn1. The first-order valence-corrected chi connectivity index (χ1v) is 5.71. The summed E-state index contributed by atoms with van der Waals surface area (Å²) in [4.78, 5) is 16.4. The zero-order valence-corrected chi connectivity index (χ0v) is 10.4. The van der Waals surface area contributed by atoms with Crippen LogP contribution in [0.25, 0.3) is 0 Å². The number of hydrogen-bond acceptors (Lipinski definition) is 2. The molecular weight excluding hydrogens is 269 g/mol. The van der Waals surface area contributed by atoms with E-state index in [-0.39, 0.29) is 18.0 Å². The number of carbonyl (C=O) groups excluding carboxylic acids is 1. The van der Waals surface area contributed by atoms with E-state index in [2.05, 4.69) is 4.98 Å². The van der Waals surface area contributed by atoms with Crippen LogP contribution in [0.5, 0.6) is 0 Å². The molecule has 1 heterocycles. The Bertz CT molecular complexity index is 406. The lowest BCUT2D eigenvalue weighted by Gasteiger charge is -2.22. The number of pyridine rings is 1. The minimum atomic E-state index is -4.44. The van der Waals surface area contributed by atoms with Gasteiger partial charge in [0.25, 0.3) is 5.91 Å². The number of amides is 1. The van der Waals surface area contributed by atoms with E-state index in [9.17, 15) is 18.0 Å². The number of halogens is 4. The molecule has 1 amide bonds. The summed E-state index contributed by atoms with van der Waals surface area (Å²) >= 11 is 5.41. The second kappa shape index (κ2) is 6.04. The Morgan fingerprint density at radius 3 is 2.56 bits per heavy atom. The van der Waals surface area contributed by atoms with Crippen LogP contribution < -0.4 is 0 Å². The summed E-state index contributed by atoms with van der Waals surface area (Å²) in [6, 6.07) is 3.02. The maximum absolute atomic E-state index is 12.3. The van der Waals surface area contributed by atoms with E-state index in [1.54, 1.807) is 13.0 Å². The molecule has 0 unspecified atom stereocenters. The zero-order chi connectivity index (χ0) is 13.8. The van der Waals surface area contributed by atoms with Crippen LogP contribution in [-0.2, 0) is 0 Å². The standard InChI is InChI=1S/C11H12ClF3N2O/c1-8-2-3-9(6-16-8)10(18)17(5-4-12)7-11(13,14)15/h2-3,6H,4-5,7H2,1H3. The van der Waals surface area contributed by atoms with E-state index in [4.69, 9.17) is 11.6 Å². The lowest BCUT2D eigenvalue weighted by molar-refractivity contribution is -0.140. The van der Waals surface area contributed by atoms with Crippen LogP contribution in [0, 0.1) is 6.92 Å². The van der Waals surface area contributed by atoms with Gasteiger partial charge in [0.15, 0.2) is 0 Å². The molecule has 1 rings (SSSR count). The maximum atomic E-state index is 12.3. The Hall–Kier alpha value is -1.30. The van der Waals surface area contributed by atoms with Crippen molar-refractivity contribution in [3.05, 3.63) is 29.6 Å². The molecule has 18 heavy (non-hydrogen) atoms. The van der Waals surface area contributed by atoms with E-state index in [1.807, 2.05) is 0 Å². The molecule has 3 nitrogen and oxygen atoms in total. The van der Waals surface area contributed by atoms with Crippen molar-refractivity contribution in [1.29, 1.82) is 0 Å². The average molecular weight is 281 g/mol. The van der Waals surface area contributed by atoms with Gasteiger partial charge >= 0.3 is 6.18 Å². The summed E-state index contributed by atoms with van der Waals surface area (Å²) in [7, 11) is 0. The van der Waals surface area contributed by atoms with Gasteiger partial charge in [-0.3, -0.25) is 9.78 Å². The first-order valence-electron chi connectivity index (χ1n) is 5.18. The molecule has 0 atom stereocenters. The number of nitrogens with zero attached hydrogens (tertiary/aromatic N) is 2. The highest BCUT2D eigenvalue weighted by Crippen LogP contribution is 2.18. The molecule has 0 aliphatic heterocycles. The molecule has 0 fully saturated rings. The summed E-state index contributed by atoms with van der Waals surface area (Å²) in [5.74, 6) is -0.776. The van der Waals surface area contributed by atoms with Gasteiger partial charge in [-0.15, -0.1) is 11.6 Å². The van der Waals surface area contributed by atoms with Gasteiger partial charge in [-0.1, -0.05) is 0 Å². The minimum absolute atomic E-state index is 0.0545. The smallest absolute Gasteiger partial charge is 0.328 e. The van der Waals surface area contributed by atoms with Gasteiger partial charge < -0.3 is 4.90 Å². The second-order valence-corrected chi connectivity index (χ2v) is 4.10. The molecule has 0 saturated heterocycles. The van der Waals surface area contributed by atoms with E-state index in [0.717, 1.165) is 0 Å². The van der Waals surface area contributed by atoms with Crippen molar-refractivity contribution in [2.45, 2.75) is 13.1 Å². The summed E-state index contributed by atoms with van der Waals surface area (Å²) in [5, 5.41) is 0. The second-order valence-electron chi connectivity index (χ2n) is 3.72. The van der Waals surface area contributed by atoms with Crippen molar-refractivity contribution in [2.75, 3.05) is 19.0 Å². The summed E-state index contributed by atoms with van der Waals surface area (Å²) in [6.07, 6.45) is -3.19. The Morgan fingerprint density at radius 2 is 2.11 bits per heavy atom. The monoisotopic (exact) mass is 280 g/mol. The summed E-state index contributed by atoms with van der Waals surface area (Å²) in [5.41, 5.74) is 0.807. The van der Waals surface area contributed by atoms with Crippen molar-refractivity contribution in [3.8, 4) is 0 Å². The van der Waals surface area contributed by atoms with Crippen LogP contribution >= 0.6 is 11.6 Å². The molecule has 0 spiro atoms. The number of rotatable bonds is 4. The number of alkyl halides is 4. The molecule has 0 aromatic carbocycles.